The highest BCUT2D eigenvalue weighted by Gasteiger charge is 2.22. The van der Waals surface area contributed by atoms with Crippen LogP contribution in [0.1, 0.15) is 34.6 Å². The van der Waals surface area contributed by atoms with Gasteiger partial charge in [0.15, 0.2) is 0 Å². The fourth-order valence-electron chi connectivity index (χ4n) is 3.79. The Balaban J connectivity index is 1.62. The molecular weight excluding hydrogens is 308 g/mol. The first-order valence-electron chi connectivity index (χ1n) is 8.99. The number of hydrogen-bond acceptors (Lipinski definition) is 3. The van der Waals surface area contributed by atoms with Crippen LogP contribution in [0.25, 0.3) is 0 Å². The van der Waals surface area contributed by atoms with Crippen molar-refractivity contribution in [3.63, 3.8) is 0 Å². The van der Waals surface area contributed by atoms with Crippen molar-refractivity contribution < 1.29 is 0 Å². The van der Waals surface area contributed by atoms with Crippen LogP contribution in [0.15, 0.2) is 60.9 Å². The molecule has 1 unspecified atom stereocenters. The molecular formula is C21H24N4. The van der Waals surface area contributed by atoms with Gasteiger partial charge in [-0.3, -0.25) is 4.68 Å². The molecule has 0 saturated heterocycles. The van der Waals surface area contributed by atoms with E-state index in [1.165, 1.54) is 28.7 Å². The number of aryl methyl sites for hydroxylation is 2. The summed E-state index contributed by atoms with van der Waals surface area (Å²) >= 11 is 0. The zero-order chi connectivity index (χ0) is 17.1. The van der Waals surface area contributed by atoms with E-state index < -0.39 is 0 Å². The third-order valence-electron chi connectivity index (χ3n) is 5.13. The lowest BCUT2D eigenvalue weighted by Crippen LogP contribution is -2.17. The van der Waals surface area contributed by atoms with E-state index in [-0.39, 0.29) is 0 Å². The Morgan fingerprint density at radius 1 is 1.12 bits per heavy atom. The molecule has 1 aliphatic rings. The summed E-state index contributed by atoms with van der Waals surface area (Å²) in [4.78, 5) is 2.43. The molecule has 0 aliphatic carbocycles. The summed E-state index contributed by atoms with van der Waals surface area (Å²) in [6.45, 7) is 3.02. The summed E-state index contributed by atoms with van der Waals surface area (Å²) < 4.78 is 1.89. The van der Waals surface area contributed by atoms with Crippen molar-refractivity contribution in [2.45, 2.75) is 31.8 Å². The van der Waals surface area contributed by atoms with Gasteiger partial charge in [-0.1, -0.05) is 53.7 Å². The van der Waals surface area contributed by atoms with Gasteiger partial charge < -0.3 is 4.90 Å². The number of fused-ring (bicyclic) bond motifs is 1. The molecule has 1 atom stereocenters. The van der Waals surface area contributed by atoms with E-state index in [1.807, 2.05) is 10.9 Å². The first kappa shape index (κ1) is 16.0. The lowest BCUT2D eigenvalue weighted by molar-refractivity contribution is 0.328. The van der Waals surface area contributed by atoms with Gasteiger partial charge in [0.05, 0.1) is 6.20 Å². The Bertz CT molecular complexity index is 811. The van der Waals surface area contributed by atoms with Crippen LogP contribution in [0.3, 0.4) is 0 Å². The van der Waals surface area contributed by atoms with Crippen LogP contribution in [0.5, 0.6) is 0 Å². The standard InChI is InChI=1S/C21H24N4/c1-24-12-10-21(18-5-3-2-4-6-18)20-8-7-17(15-19(20)16-24)9-13-25-14-11-22-23-25/h2-8,11,14-15,21H,9-10,12-13,16H2,1H3. The van der Waals surface area contributed by atoms with Gasteiger partial charge in [0, 0.05) is 25.2 Å². The highest BCUT2D eigenvalue weighted by Crippen LogP contribution is 2.34. The molecule has 128 valence electrons. The average molecular weight is 332 g/mol. The molecule has 0 saturated carbocycles. The summed E-state index contributed by atoms with van der Waals surface area (Å²) in [7, 11) is 2.22. The maximum Gasteiger partial charge on any atom is 0.0692 e. The first-order chi connectivity index (χ1) is 12.3. The molecule has 4 rings (SSSR count). The van der Waals surface area contributed by atoms with Crippen LogP contribution in [0.2, 0.25) is 0 Å². The summed E-state index contributed by atoms with van der Waals surface area (Å²) in [5.74, 6) is 0.491. The van der Waals surface area contributed by atoms with Crippen molar-refractivity contribution in [2.24, 2.45) is 0 Å². The normalized spacial score (nSPS) is 17.9. The van der Waals surface area contributed by atoms with Crippen molar-refractivity contribution in [2.75, 3.05) is 13.6 Å². The van der Waals surface area contributed by atoms with Crippen molar-refractivity contribution in [3.8, 4) is 0 Å². The van der Waals surface area contributed by atoms with E-state index >= 15 is 0 Å². The average Bonchev–Trinajstić information content (AvgIpc) is 3.10. The van der Waals surface area contributed by atoms with Crippen LogP contribution in [0, 0.1) is 0 Å². The molecule has 0 fully saturated rings. The van der Waals surface area contributed by atoms with Crippen LogP contribution in [-0.4, -0.2) is 33.5 Å². The lowest BCUT2D eigenvalue weighted by atomic mass is 9.86. The van der Waals surface area contributed by atoms with Gasteiger partial charge >= 0.3 is 0 Å². The Kier molecular flexibility index (Phi) is 4.61. The molecule has 0 radical (unpaired) electrons. The van der Waals surface area contributed by atoms with Crippen LogP contribution in [0.4, 0.5) is 0 Å². The van der Waals surface area contributed by atoms with Gasteiger partial charge in [0.2, 0.25) is 0 Å². The molecule has 1 aliphatic heterocycles. The second-order valence-corrected chi connectivity index (χ2v) is 6.94. The fourth-order valence-corrected chi connectivity index (χ4v) is 3.79. The van der Waals surface area contributed by atoms with Gasteiger partial charge in [-0.15, -0.1) is 5.10 Å². The Morgan fingerprint density at radius 2 is 2.00 bits per heavy atom. The number of rotatable bonds is 4. The van der Waals surface area contributed by atoms with E-state index in [4.69, 9.17) is 0 Å². The van der Waals surface area contributed by atoms with Crippen LogP contribution < -0.4 is 0 Å². The molecule has 0 spiro atoms. The fraction of sp³-hybridized carbons (Fsp3) is 0.333. The van der Waals surface area contributed by atoms with Crippen molar-refractivity contribution >= 4 is 0 Å². The Morgan fingerprint density at radius 3 is 2.80 bits per heavy atom. The summed E-state index contributed by atoms with van der Waals surface area (Å²) in [5, 5.41) is 7.93. The molecule has 1 aromatic heterocycles. The smallest absolute Gasteiger partial charge is 0.0692 e. The van der Waals surface area contributed by atoms with Gasteiger partial charge in [-0.05, 0) is 48.7 Å². The Labute approximate surface area is 149 Å². The largest absolute Gasteiger partial charge is 0.302 e. The minimum atomic E-state index is 0.491. The highest BCUT2D eigenvalue weighted by atomic mass is 15.4. The maximum absolute atomic E-state index is 4.06. The van der Waals surface area contributed by atoms with Crippen molar-refractivity contribution in [3.05, 3.63) is 83.2 Å². The maximum atomic E-state index is 4.06. The molecule has 3 aromatic rings. The molecule has 2 heterocycles. The van der Waals surface area contributed by atoms with Gasteiger partial charge in [-0.25, -0.2) is 0 Å². The third-order valence-corrected chi connectivity index (χ3v) is 5.13. The van der Waals surface area contributed by atoms with Gasteiger partial charge in [0.1, 0.15) is 0 Å². The lowest BCUT2D eigenvalue weighted by Gasteiger charge is -2.18. The summed E-state index contributed by atoms with van der Waals surface area (Å²) in [6, 6.07) is 18.0. The predicted molar refractivity (Wildman–Crippen MR) is 99.4 cm³/mol. The summed E-state index contributed by atoms with van der Waals surface area (Å²) in [6.07, 6.45) is 5.81. The minimum absolute atomic E-state index is 0.491. The second-order valence-electron chi connectivity index (χ2n) is 6.94. The number of aromatic nitrogens is 3. The van der Waals surface area contributed by atoms with E-state index in [1.54, 1.807) is 6.20 Å². The van der Waals surface area contributed by atoms with Gasteiger partial charge in [-0.2, -0.15) is 0 Å². The highest BCUT2D eigenvalue weighted by molar-refractivity contribution is 5.41. The van der Waals surface area contributed by atoms with Crippen LogP contribution >= 0.6 is 0 Å². The predicted octanol–water partition coefficient (Wildman–Crippen LogP) is 3.49. The molecule has 0 amide bonds. The zero-order valence-electron chi connectivity index (χ0n) is 14.7. The monoisotopic (exact) mass is 332 g/mol. The van der Waals surface area contributed by atoms with Crippen molar-refractivity contribution in [1.82, 2.24) is 19.9 Å². The Hall–Kier alpha value is -2.46. The van der Waals surface area contributed by atoms with E-state index in [9.17, 15) is 0 Å². The number of nitrogens with zero attached hydrogens (tertiary/aromatic N) is 4. The minimum Gasteiger partial charge on any atom is -0.302 e. The number of benzene rings is 2. The molecule has 4 heteroatoms. The number of hydrogen-bond donors (Lipinski definition) is 0. The third kappa shape index (κ3) is 3.64. The molecule has 2 aromatic carbocycles. The molecule has 4 nitrogen and oxygen atoms in total. The van der Waals surface area contributed by atoms with Crippen LogP contribution in [-0.2, 0) is 19.5 Å². The second kappa shape index (κ2) is 7.19. The topological polar surface area (TPSA) is 34.0 Å². The quantitative estimate of drug-likeness (QED) is 0.733. The zero-order valence-corrected chi connectivity index (χ0v) is 14.7. The van der Waals surface area contributed by atoms with Gasteiger partial charge in [0.25, 0.3) is 0 Å². The van der Waals surface area contributed by atoms with E-state index in [0.29, 0.717) is 5.92 Å². The SMILES string of the molecule is CN1CCC(c2ccccc2)c2ccc(CCn3ccnn3)cc2C1. The molecule has 0 N–H and O–H groups in total. The van der Waals surface area contributed by atoms with E-state index in [2.05, 4.69) is 70.8 Å². The molecule has 0 bridgehead atoms. The molecule has 25 heavy (non-hydrogen) atoms. The van der Waals surface area contributed by atoms with E-state index in [0.717, 1.165) is 26.1 Å². The first-order valence-corrected chi connectivity index (χ1v) is 8.99. The summed E-state index contributed by atoms with van der Waals surface area (Å²) in [5.41, 5.74) is 5.75. The van der Waals surface area contributed by atoms with Crippen molar-refractivity contribution in [1.29, 1.82) is 0 Å².